The number of aliphatic carboxylic acids is 1. The molecule has 5 heteroatoms. The molecular weight excluding hydrogens is 204 g/mol. The normalized spacial score (nSPS) is 12.5. The molecule has 0 aliphatic carbocycles. The highest BCUT2D eigenvalue weighted by molar-refractivity contribution is 5.68. The Morgan fingerprint density at radius 2 is 2.13 bits per heavy atom. The molecule has 0 aliphatic heterocycles. The first-order valence-corrected chi connectivity index (χ1v) is 4.41. The van der Waals surface area contributed by atoms with Gasteiger partial charge in [-0.2, -0.15) is 0 Å². The van der Waals surface area contributed by atoms with Gasteiger partial charge in [0.2, 0.25) is 0 Å². The predicted octanol–water partition coefficient (Wildman–Crippen LogP) is 1.48. The molecule has 0 bridgehead atoms. The maximum Gasteiger partial charge on any atom is 0.304 e. The molecule has 1 unspecified atom stereocenters. The predicted molar refractivity (Wildman–Crippen MR) is 50.4 cm³/mol. The van der Waals surface area contributed by atoms with Crippen LogP contribution in [0.2, 0.25) is 0 Å². The van der Waals surface area contributed by atoms with Crippen molar-refractivity contribution in [2.75, 3.05) is 6.54 Å². The van der Waals surface area contributed by atoms with Crippen molar-refractivity contribution in [3.8, 4) is 0 Å². The molecule has 1 atom stereocenters. The Balaban J connectivity index is 2.96. The molecule has 3 N–H and O–H groups in total. The van der Waals surface area contributed by atoms with Crippen molar-refractivity contribution in [1.82, 2.24) is 0 Å². The van der Waals surface area contributed by atoms with Crippen LogP contribution in [-0.4, -0.2) is 17.6 Å². The molecule has 0 saturated carbocycles. The second-order valence-electron chi connectivity index (χ2n) is 3.20. The van der Waals surface area contributed by atoms with Crippen LogP contribution in [0.3, 0.4) is 0 Å². The Bertz CT molecular complexity index is 368. The Kier molecular flexibility index (Phi) is 3.74. The van der Waals surface area contributed by atoms with E-state index < -0.39 is 23.5 Å². The van der Waals surface area contributed by atoms with Gasteiger partial charge in [-0.3, -0.25) is 4.79 Å². The average molecular weight is 215 g/mol. The molecule has 1 rings (SSSR count). The van der Waals surface area contributed by atoms with Crippen molar-refractivity contribution in [3.63, 3.8) is 0 Å². The van der Waals surface area contributed by atoms with Gasteiger partial charge in [0, 0.05) is 12.0 Å². The lowest BCUT2D eigenvalue weighted by atomic mass is 9.95. The topological polar surface area (TPSA) is 63.3 Å². The summed E-state index contributed by atoms with van der Waals surface area (Å²) < 4.78 is 25.8. The molecule has 1 aromatic carbocycles. The van der Waals surface area contributed by atoms with E-state index in [2.05, 4.69) is 0 Å². The fraction of sp³-hybridized carbons (Fsp3) is 0.300. The van der Waals surface area contributed by atoms with Crippen LogP contribution in [0.4, 0.5) is 8.78 Å². The van der Waals surface area contributed by atoms with E-state index in [1.54, 1.807) is 0 Å². The van der Waals surface area contributed by atoms with E-state index in [4.69, 9.17) is 10.8 Å². The molecule has 0 amide bonds. The fourth-order valence-corrected chi connectivity index (χ4v) is 1.36. The first-order chi connectivity index (χ1) is 7.04. The van der Waals surface area contributed by atoms with E-state index in [0.717, 1.165) is 12.1 Å². The minimum Gasteiger partial charge on any atom is -0.481 e. The maximum absolute atomic E-state index is 13.2. The summed E-state index contributed by atoms with van der Waals surface area (Å²) in [5.74, 6) is -3.13. The summed E-state index contributed by atoms with van der Waals surface area (Å²) >= 11 is 0. The molecule has 0 aromatic heterocycles. The zero-order valence-corrected chi connectivity index (χ0v) is 7.91. The van der Waals surface area contributed by atoms with Gasteiger partial charge in [0.1, 0.15) is 11.6 Å². The molecule has 1 aromatic rings. The highest BCUT2D eigenvalue weighted by Crippen LogP contribution is 2.22. The second kappa shape index (κ2) is 4.84. The Morgan fingerprint density at radius 1 is 1.47 bits per heavy atom. The Labute approximate surface area is 85.5 Å². The monoisotopic (exact) mass is 215 g/mol. The molecule has 0 saturated heterocycles. The number of hydrogen-bond donors (Lipinski definition) is 2. The standard InChI is InChI=1S/C10H11F2NO2/c11-7-1-2-8(9(12)4-7)6(5-13)3-10(14)15/h1-2,4,6H,3,5,13H2,(H,14,15). The molecule has 82 valence electrons. The van der Waals surface area contributed by atoms with Crippen LogP contribution in [0.5, 0.6) is 0 Å². The molecular formula is C10H11F2NO2. The summed E-state index contributed by atoms with van der Waals surface area (Å²) in [4.78, 5) is 10.5. The summed E-state index contributed by atoms with van der Waals surface area (Å²) in [5, 5.41) is 8.57. The van der Waals surface area contributed by atoms with Gasteiger partial charge in [-0.25, -0.2) is 8.78 Å². The smallest absolute Gasteiger partial charge is 0.304 e. The molecule has 0 spiro atoms. The van der Waals surface area contributed by atoms with E-state index in [-0.39, 0.29) is 18.5 Å². The first-order valence-electron chi connectivity index (χ1n) is 4.41. The highest BCUT2D eigenvalue weighted by atomic mass is 19.1. The third-order valence-corrected chi connectivity index (χ3v) is 2.11. The SMILES string of the molecule is NCC(CC(=O)O)c1ccc(F)cc1F. The van der Waals surface area contributed by atoms with Crippen LogP contribution in [0.1, 0.15) is 17.9 Å². The third kappa shape index (κ3) is 2.99. The third-order valence-electron chi connectivity index (χ3n) is 2.11. The summed E-state index contributed by atoms with van der Waals surface area (Å²) in [5.41, 5.74) is 5.48. The number of hydrogen-bond acceptors (Lipinski definition) is 2. The van der Waals surface area contributed by atoms with Gasteiger partial charge < -0.3 is 10.8 Å². The number of carbonyl (C=O) groups is 1. The quantitative estimate of drug-likeness (QED) is 0.799. The van der Waals surface area contributed by atoms with Gasteiger partial charge in [0.05, 0.1) is 6.42 Å². The summed E-state index contributed by atoms with van der Waals surface area (Å²) in [6.07, 6.45) is -0.265. The van der Waals surface area contributed by atoms with Crippen molar-refractivity contribution in [2.24, 2.45) is 5.73 Å². The summed E-state index contributed by atoms with van der Waals surface area (Å²) in [6, 6.07) is 3.04. The van der Waals surface area contributed by atoms with Gasteiger partial charge >= 0.3 is 5.97 Å². The van der Waals surface area contributed by atoms with Crippen LogP contribution in [0, 0.1) is 11.6 Å². The lowest BCUT2D eigenvalue weighted by Gasteiger charge is -2.13. The average Bonchev–Trinajstić information content (AvgIpc) is 2.14. The van der Waals surface area contributed by atoms with Crippen molar-refractivity contribution in [1.29, 1.82) is 0 Å². The van der Waals surface area contributed by atoms with Crippen LogP contribution >= 0.6 is 0 Å². The number of carboxylic acids is 1. The fourth-order valence-electron chi connectivity index (χ4n) is 1.36. The van der Waals surface area contributed by atoms with Gasteiger partial charge in [0.15, 0.2) is 0 Å². The van der Waals surface area contributed by atoms with E-state index in [1.165, 1.54) is 6.07 Å². The molecule has 0 aliphatic rings. The van der Waals surface area contributed by atoms with E-state index in [1.807, 2.05) is 0 Å². The second-order valence-corrected chi connectivity index (χ2v) is 3.20. The molecule has 0 heterocycles. The summed E-state index contributed by atoms with van der Waals surface area (Å²) in [6.45, 7) is 0.00878. The van der Waals surface area contributed by atoms with E-state index in [9.17, 15) is 13.6 Å². The Morgan fingerprint density at radius 3 is 2.60 bits per heavy atom. The highest BCUT2D eigenvalue weighted by Gasteiger charge is 2.17. The van der Waals surface area contributed by atoms with E-state index in [0.29, 0.717) is 0 Å². The summed E-state index contributed by atoms with van der Waals surface area (Å²) in [7, 11) is 0. The number of halogens is 2. The van der Waals surface area contributed by atoms with Crippen LogP contribution < -0.4 is 5.73 Å². The molecule has 3 nitrogen and oxygen atoms in total. The van der Waals surface area contributed by atoms with Gasteiger partial charge in [0.25, 0.3) is 0 Å². The van der Waals surface area contributed by atoms with Gasteiger partial charge in [-0.05, 0) is 18.2 Å². The largest absolute Gasteiger partial charge is 0.481 e. The number of rotatable bonds is 4. The minimum absolute atomic E-state index is 0.00878. The van der Waals surface area contributed by atoms with Crippen molar-refractivity contribution < 1.29 is 18.7 Å². The van der Waals surface area contributed by atoms with Gasteiger partial charge in [-0.15, -0.1) is 0 Å². The number of nitrogens with two attached hydrogens (primary N) is 1. The van der Waals surface area contributed by atoms with Gasteiger partial charge in [-0.1, -0.05) is 6.07 Å². The lowest BCUT2D eigenvalue weighted by molar-refractivity contribution is -0.137. The van der Waals surface area contributed by atoms with Crippen LogP contribution in [0.15, 0.2) is 18.2 Å². The molecule has 0 fully saturated rings. The van der Waals surface area contributed by atoms with Crippen LogP contribution in [-0.2, 0) is 4.79 Å². The number of benzene rings is 1. The van der Waals surface area contributed by atoms with Crippen molar-refractivity contribution in [2.45, 2.75) is 12.3 Å². The molecule has 15 heavy (non-hydrogen) atoms. The molecule has 0 radical (unpaired) electrons. The number of carboxylic acid groups (broad SMARTS) is 1. The Hall–Kier alpha value is -1.49. The van der Waals surface area contributed by atoms with E-state index >= 15 is 0 Å². The zero-order valence-electron chi connectivity index (χ0n) is 7.91. The maximum atomic E-state index is 13.2. The van der Waals surface area contributed by atoms with Crippen molar-refractivity contribution in [3.05, 3.63) is 35.4 Å². The lowest BCUT2D eigenvalue weighted by Crippen LogP contribution is -2.17. The zero-order chi connectivity index (χ0) is 11.4. The van der Waals surface area contributed by atoms with Crippen LogP contribution in [0.25, 0.3) is 0 Å². The first kappa shape index (κ1) is 11.6. The van der Waals surface area contributed by atoms with Crippen molar-refractivity contribution >= 4 is 5.97 Å². The minimum atomic E-state index is -1.06.